The maximum atomic E-state index is 12.6. The van der Waals surface area contributed by atoms with Crippen LogP contribution in [0, 0.1) is 5.92 Å². The van der Waals surface area contributed by atoms with Crippen molar-refractivity contribution in [2.24, 2.45) is 5.92 Å². The van der Waals surface area contributed by atoms with Crippen LogP contribution in [0.5, 0.6) is 0 Å². The summed E-state index contributed by atoms with van der Waals surface area (Å²) in [4.78, 5) is 25.1. The number of carbonyl (C=O) groups excluding carboxylic acids is 1. The molecular formula is C24H29ClN6O. The van der Waals surface area contributed by atoms with Crippen LogP contribution >= 0.6 is 11.6 Å². The molecule has 1 aliphatic carbocycles. The highest BCUT2D eigenvalue weighted by molar-refractivity contribution is 6.33. The number of benzene rings is 1. The Hall–Kier alpha value is -2.64. The number of para-hydroxylation sites is 1. The number of piperidine rings is 1. The molecule has 1 aromatic carbocycles. The summed E-state index contributed by atoms with van der Waals surface area (Å²) in [5.74, 6) is 0.853. The molecule has 0 spiro atoms. The first kappa shape index (κ1) is 21.2. The molecule has 1 aliphatic heterocycles. The van der Waals surface area contributed by atoms with Gasteiger partial charge in [0.1, 0.15) is 0 Å². The third-order valence-corrected chi connectivity index (χ3v) is 6.89. The zero-order valence-corrected chi connectivity index (χ0v) is 18.8. The Bertz CT molecular complexity index is 1090. The number of nitrogens with zero attached hydrogens (tertiary/aromatic N) is 2. The van der Waals surface area contributed by atoms with Gasteiger partial charge in [0.15, 0.2) is 0 Å². The molecule has 1 amide bonds. The van der Waals surface area contributed by atoms with E-state index in [1.807, 2.05) is 24.4 Å². The van der Waals surface area contributed by atoms with Crippen LogP contribution in [0.3, 0.4) is 0 Å². The average molecular weight is 453 g/mol. The van der Waals surface area contributed by atoms with Crippen LogP contribution in [-0.4, -0.2) is 46.0 Å². The molecule has 32 heavy (non-hydrogen) atoms. The van der Waals surface area contributed by atoms with Crippen LogP contribution in [0.4, 0.5) is 5.95 Å². The Morgan fingerprint density at radius 3 is 2.88 bits per heavy atom. The lowest BCUT2D eigenvalue weighted by molar-refractivity contribution is -0.126. The minimum Gasteiger partial charge on any atom is -0.360 e. The number of halogens is 1. The van der Waals surface area contributed by atoms with Crippen molar-refractivity contribution in [3.63, 3.8) is 0 Å². The quantitative estimate of drug-likeness (QED) is 0.467. The monoisotopic (exact) mass is 452 g/mol. The van der Waals surface area contributed by atoms with Crippen molar-refractivity contribution in [2.45, 2.75) is 50.6 Å². The van der Waals surface area contributed by atoms with E-state index in [0.717, 1.165) is 68.1 Å². The summed E-state index contributed by atoms with van der Waals surface area (Å²) in [6.07, 6.45) is 9.63. The number of rotatable bonds is 5. The molecule has 4 N–H and O–H groups in total. The zero-order chi connectivity index (χ0) is 21.9. The fourth-order valence-corrected chi connectivity index (χ4v) is 5.12. The summed E-state index contributed by atoms with van der Waals surface area (Å²) in [7, 11) is 0. The van der Waals surface area contributed by atoms with Crippen molar-refractivity contribution in [2.75, 3.05) is 18.4 Å². The van der Waals surface area contributed by atoms with Crippen LogP contribution < -0.4 is 16.0 Å². The number of hydrogen-bond acceptors (Lipinski definition) is 5. The summed E-state index contributed by atoms with van der Waals surface area (Å²) in [6.45, 7) is 1.80. The minimum absolute atomic E-state index is 0.0930. The molecule has 0 bridgehead atoms. The highest BCUT2D eigenvalue weighted by atomic mass is 35.5. The van der Waals surface area contributed by atoms with E-state index in [9.17, 15) is 4.79 Å². The predicted molar refractivity (Wildman–Crippen MR) is 128 cm³/mol. The second-order valence-corrected chi connectivity index (χ2v) is 9.30. The number of H-pyrrole nitrogens is 1. The van der Waals surface area contributed by atoms with E-state index in [-0.39, 0.29) is 23.9 Å². The number of carbonyl (C=O) groups is 1. The minimum atomic E-state index is 0.0930. The maximum Gasteiger partial charge on any atom is 0.224 e. The summed E-state index contributed by atoms with van der Waals surface area (Å²) >= 11 is 6.47. The first-order valence-corrected chi connectivity index (χ1v) is 11.9. The second kappa shape index (κ2) is 9.46. The lowest BCUT2D eigenvalue weighted by atomic mass is 9.90. The van der Waals surface area contributed by atoms with E-state index < -0.39 is 0 Å². The molecule has 1 saturated carbocycles. The van der Waals surface area contributed by atoms with E-state index in [4.69, 9.17) is 16.6 Å². The van der Waals surface area contributed by atoms with Crippen molar-refractivity contribution in [1.82, 2.24) is 25.6 Å². The number of aromatic amines is 1. The fourth-order valence-electron chi connectivity index (χ4n) is 4.92. The Morgan fingerprint density at radius 2 is 2.00 bits per heavy atom. The molecule has 1 saturated heterocycles. The average Bonchev–Trinajstić information content (AvgIpc) is 3.25. The Balaban J connectivity index is 1.27. The first-order valence-electron chi connectivity index (χ1n) is 11.5. The standard InChI is InChI=1S/C24H29ClN6O/c25-20-14-28-24(31-22(20)19-13-27-21-9-2-1-8-18(19)21)30-17-7-3-6-16(11-17)29-23(32)15-5-4-10-26-12-15/h1-2,8-9,13-17,26-27H,3-7,10-12H2,(H,29,32)(H,28,30,31)/t15-,16+,17?/m1/s1. The molecule has 1 unspecified atom stereocenters. The lowest BCUT2D eigenvalue weighted by Crippen LogP contribution is -2.47. The molecule has 5 rings (SSSR count). The van der Waals surface area contributed by atoms with Gasteiger partial charge in [0.05, 0.1) is 22.8 Å². The lowest BCUT2D eigenvalue weighted by Gasteiger charge is -2.32. The van der Waals surface area contributed by atoms with Crippen molar-refractivity contribution in [1.29, 1.82) is 0 Å². The molecule has 3 heterocycles. The molecule has 7 nitrogen and oxygen atoms in total. The molecule has 3 atom stereocenters. The van der Waals surface area contributed by atoms with Gasteiger partial charge in [-0.3, -0.25) is 4.79 Å². The number of anilines is 1. The predicted octanol–water partition coefficient (Wildman–Crippen LogP) is 4.12. The highest BCUT2D eigenvalue weighted by Crippen LogP contribution is 2.32. The van der Waals surface area contributed by atoms with Crippen LogP contribution in [0.1, 0.15) is 38.5 Å². The fraction of sp³-hybridized carbons (Fsp3) is 0.458. The molecule has 168 valence electrons. The molecule has 0 radical (unpaired) electrons. The Kier molecular flexibility index (Phi) is 6.28. The number of aromatic nitrogens is 3. The maximum absolute atomic E-state index is 12.6. The van der Waals surface area contributed by atoms with Crippen molar-refractivity contribution < 1.29 is 4.79 Å². The highest BCUT2D eigenvalue weighted by Gasteiger charge is 2.27. The van der Waals surface area contributed by atoms with E-state index in [1.54, 1.807) is 6.20 Å². The largest absolute Gasteiger partial charge is 0.360 e. The van der Waals surface area contributed by atoms with Crippen molar-refractivity contribution in [3.05, 3.63) is 41.7 Å². The molecule has 3 aromatic rings. The van der Waals surface area contributed by atoms with Gasteiger partial charge in [-0.15, -0.1) is 0 Å². The van der Waals surface area contributed by atoms with Gasteiger partial charge in [0.25, 0.3) is 0 Å². The van der Waals surface area contributed by atoms with Crippen LogP contribution in [0.15, 0.2) is 36.7 Å². The van der Waals surface area contributed by atoms with Gasteiger partial charge in [-0.1, -0.05) is 29.8 Å². The second-order valence-electron chi connectivity index (χ2n) is 8.89. The summed E-state index contributed by atoms with van der Waals surface area (Å²) in [6, 6.07) is 8.51. The van der Waals surface area contributed by atoms with Gasteiger partial charge in [0.2, 0.25) is 11.9 Å². The molecular weight excluding hydrogens is 424 g/mol. The van der Waals surface area contributed by atoms with E-state index >= 15 is 0 Å². The summed E-state index contributed by atoms with van der Waals surface area (Å²) in [5, 5.41) is 11.7. The zero-order valence-electron chi connectivity index (χ0n) is 18.0. The number of hydrogen-bond donors (Lipinski definition) is 4. The van der Waals surface area contributed by atoms with E-state index in [2.05, 4.69) is 32.0 Å². The van der Waals surface area contributed by atoms with Gasteiger partial charge in [-0.25, -0.2) is 9.97 Å². The molecule has 2 aliphatic rings. The van der Waals surface area contributed by atoms with Crippen LogP contribution in [0.25, 0.3) is 22.2 Å². The topological polar surface area (TPSA) is 94.7 Å². The number of fused-ring (bicyclic) bond motifs is 1. The van der Waals surface area contributed by atoms with Gasteiger partial charge < -0.3 is 20.9 Å². The van der Waals surface area contributed by atoms with E-state index in [0.29, 0.717) is 16.7 Å². The molecule has 8 heteroatoms. The smallest absolute Gasteiger partial charge is 0.224 e. The summed E-state index contributed by atoms with van der Waals surface area (Å²) < 4.78 is 0. The van der Waals surface area contributed by atoms with Gasteiger partial charge in [-0.05, 0) is 51.1 Å². The third kappa shape index (κ3) is 4.59. The SMILES string of the molecule is O=C(N[C@H]1CCCC(Nc2ncc(Cl)c(-c3c[nH]c4ccccc34)n2)C1)[C@@H]1CCCNC1. The van der Waals surface area contributed by atoms with E-state index in [1.165, 1.54) is 0 Å². The van der Waals surface area contributed by atoms with Gasteiger partial charge in [-0.2, -0.15) is 0 Å². The number of nitrogens with one attached hydrogen (secondary N) is 4. The third-order valence-electron chi connectivity index (χ3n) is 6.61. The van der Waals surface area contributed by atoms with Crippen LogP contribution in [0.2, 0.25) is 5.02 Å². The summed E-state index contributed by atoms with van der Waals surface area (Å²) in [5.41, 5.74) is 2.73. The molecule has 2 fully saturated rings. The first-order chi connectivity index (χ1) is 15.7. The van der Waals surface area contributed by atoms with Gasteiger partial charge >= 0.3 is 0 Å². The van der Waals surface area contributed by atoms with Gasteiger partial charge in [0, 0.05) is 41.3 Å². The normalized spacial score (nSPS) is 23.7. The number of amides is 1. The van der Waals surface area contributed by atoms with Crippen molar-refractivity contribution >= 4 is 34.4 Å². The van der Waals surface area contributed by atoms with Crippen LogP contribution in [-0.2, 0) is 4.79 Å². The Labute approximate surface area is 192 Å². The molecule has 2 aromatic heterocycles. The Morgan fingerprint density at radius 1 is 1.12 bits per heavy atom. The van der Waals surface area contributed by atoms with Crippen molar-refractivity contribution in [3.8, 4) is 11.3 Å².